The number of fused-ring (bicyclic) bond motifs is 1. The first-order valence-corrected chi connectivity index (χ1v) is 4.95. The largest absolute Gasteiger partial charge is 0.0538 e. The van der Waals surface area contributed by atoms with Crippen molar-refractivity contribution in [3.8, 4) is 11.1 Å². The van der Waals surface area contributed by atoms with Gasteiger partial charge in [-0.1, -0.05) is 24.3 Å². The molecule has 0 radical (unpaired) electrons. The Bertz CT molecular complexity index is 147. The molecule has 0 spiro atoms. The monoisotopic (exact) mass is 238 g/mol. The second-order valence-corrected chi connectivity index (χ2v) is 1.58. The number of rotatable bonds is 0. The van der Waals surface area contributed by atoms with Gasteiger partial charge in [-0.2, -0.15) is 0 Å². The molecule has 2 heteroatoms. The van der Waals surface area contributed by atoms with Crippen LogP contribution in [0.25, 0.3) is 11.1 Å². The lowest BCUT2D eigenvalue weighted by Gasteiger charge is -2.10. The standard InChI is InChI=1S/C6H4.ClI/c1-2-6-4-3-5(1)6;1-2/h1-4H;. The molecule has 0 nitrogen and oxygen atoms in total. The molecule has 2 aliphatic carbocycles. The summed E-state index contributed by atoms with van der Waals surface area (Å²) in [5.74, 6) is 0. The molecule has 0 saturated heterocycles. The fourth-order valence-electron chi connectivity index (χ4n) is 0.663. The summed E-state index contributed by atoms with van der Waals surface area (Å²) in [6, 6.07) is 8.48. The lowest BCUT2D eigenvalue weighted by molar-refractivity contribution is 1.55. The van der Waals surface area contributed by atoms with E-state index in [-0.39, 0.29) is 0 Å². The summed E-state index contributed by atoms with van der Waals surface area (Å²) in [4.78, 5) is 0. The smallest absolute Gasteiger partial charge is 0.0425 e. The van der Waals surface area contributed by atoms with Gasteiger partial charge in [-0.15, -0.1) is 0 Å². The van der Waals surface area contributed by atoms with E-state index < -0.39 is 0 Å². The summed E-state index contributed by atoms with van der Waals surface area (Å²) in [6.45, 7) is 0. The van der Waals surface area contributed by atoms with Crippen molar-refractivity contribution >= 4 is 30.4 Å². The highest BCUT2D eigenvalue weighted by Crippen LogP contribution is 2.29. The van der Waals surface area contributed by atoms with Crippen molar-refractivity contribution in [3.63, 3.8) is 0 Å². The molecule has 0 unspecified atom stereocenters. The molecule has 0 atom stereocenters. The quantitative estimate of drug-likeness (QED) is 0.618. The van der Waals surface area contributed by atoms with Crippen molar-refractivity contribution in [1.82, 2.24) is 0 Å². The van der Waals surface area contributed by atoms with Crippen molar-refractivity contribution in [1.29, 1.82) is 0 Å². The highest BCUT2D eigenvalue weighted by atomic mass is 127. The van der Waals surface area contributed by atoms with E-state index in [4.69, 9.17) is 0 Å². The van der Waals surface area contributed by atoms with E-state index in [1.54, 1.807) is 21.5 Å². The third-order valence-corrected chi connectivity index (χ3v) is 1.22. The first-order valence-electron chi connectivity index (χ1n) is 2.21. The molecule has 8 heavy (non-hydrogen) atoms. The van der Waals surface area contributed by atoms with Gasteiger partial charge in [0.1, 0.15) is 0 Å². The molecule has 0 saturated carbocycles. The summed E-state index contributed by atoms with van der Waals surface area (Å²) in [7, 11) is 4.61. The van der Waals surface area contributed by atoms with Crippen LogP contribution in [0.2, 0.25) is 0 Å². The number of halogens is 2. The van der Waals surface area contributed by atoms with E-state index in [0.29, 0.717) is 0 Å². The van der Waals surface area contributed by atoms with Crippen molar-refractivity contribution in [2.24, 2.45) is 0 Å². The van der Waals surface area contributed by atoms with Crippen LogP contribution in [0.1, 0.15) is 0 Å². The van der Waals surface area contributed by atoms with E-state index in [1.165, 1.54) is 11.1 Å². The van der Waals surface area contributed by atoms with E-state index >= 15 is 0 Å². The zero-order valence-electron chi connectivity index (χ0n) is 4.07. The van der Waals surface area contributed by atoms with Gasteiger partial charge in [-0.3, -0.25) is 0 Å². The Kier molecular flexibility index (Phi) is 2.14. The molecule has 0 aromatic carbocycles. The molecule has 2 aliphatic rings. The fraction of sp³-hybridized carbons (Fsp3) is 0. The van der Waals surface area contributed by atoms with Crippen molar-refractivity contribution < 1.29 is 0 Å². The molecule has 0 fully saturated rings. The molecule has 0 bridgehead atoms. The molecule has 0 aromatic rings. The average molecular weight is 238 g/mol. The number of hydrogen-bond acceptors (Lipinski definition) is 0. The Hall–Kier alpha value is 0.240. The number of hydrogen-bond donors (Lipinski definition) is 0. The first kappa shape index (κ1) is 6.36. The molecular formula is C6H4ClI. The molecule has 0 aliphatic heterocycles. The summed E-state index contributed by atoms with van der Waals surface area (Å²) < 4.78 is 0. The SMILES string of the molecule is ClI.c1cc2ccc1-2. The summed E-state index contributed by atoms with van der Waals surface area (Å²) in [6.07, 6.45) is 0. The Morgan fingerprint density at radius 3 is 1.12 bits per heavy atom. The van der Waals surface area contributed by atoms with Crippen LogP contribution >= 0.6 is 30.4 Å². The summed E-state index contributed by atoms with van der Waals surface area (Å²) in [5, 5.41) is 0. The molecule has 0 aromatic heterocycles. The van der Waals surface area contributed by atoms with Crippen LogP contribution in [0.4, 0.5) is 0 Å². The van der Waals surface area contributed by atoms with Gasteiger partial charge in [0, 0.05) is 21.5 Å². The van der Waals surface area contributed by atoms with Crippen LogP contribution in [0.3, 0.4) is 0 Å². The third-order valence-electron chi connectivity index (χ3n) is 1.22. The second-order valence-electron chi connectivity index (χ2n) is 1.58. The molecule has 2 rings (SSSR count). The van der Waals surface area contributed by atoms with Gasteiger partial charge < -0.3 is 0 Å². The zero-order valence-corrected chi connectivity index (χ0v) is 6.98. The van der Waals surface area contributed by atoms with Crippen LogP contribution in [0.15, 0.2) is 24.3 Å². The molecule has 0 amide bonds. The van der Waals surface area contributed by atoms with Crippen LogP contribution in [-0.2, 0) is 0 Å². The Morgan fingerprint density at radius 1 is 0.875 bits per heavy atom. The minimum atomic E-state index is 1.43. The second kappa shape index (κ2) is 2.69. The fourth-order valence-corrected chi connectivity index (χ4v) is 0.663. The minimum Gasteiger partial charge on any atom is -0.0538 e. The number of benzene rings is 1. The van der Waals surface area contributed by atoms with Gasteiger partial charge in [0.05, 0.1) is 0 Å². The van der Waals surface area contributed by atoms with Crippen LogP contribution in [-0.4, -0.2) is 0 Å². The van der Waals surface area contributed by atoms with Gasteiger partial charge >= 0.3 is 0 Å². The summed E-state index contributed by atoms with van der Waals surface area (Å²) >= 11 is 1.62. The third kappa shape index (κ3) is 0.845. The maximum absolute atomic E-state index is 4.61. The van der Waals surface area contributed by atoms with E-state index in [1.807, 2.05) is 0 Å². The maximum atomic E-state index is 4.61. The maximum Gasteiger partial charge on any atom is 0.0425 e. The highest BCUT2D eigenvalue weighted by molar-refractivity contribution is 14.1. The predicted octanol–water partition coefficient (Wildman–Crippen LogP) is 3.24. The first-order chi connectivity index (χ1) is 3.97. The van der Waals surface area contributed by atoms with Crippen molar-refractivity contribution in [2.75, 3.05) is 0 Å². The van der Waals surface area contributed by atoms with E-state index in [9.17, 15) is 0 Å². The summed E-state index contributed by atoms with van der Waals surface area (Å²) in [5.41, 5.74) is 2.85. The lowest BCUT2D eigenvalue weighted by Crippen LogP contribution is -1.85. The topological polar surface area (TPSA) is 0 Å². The van der Waals surface area contributed by atoms with Crippen molar-refractivity contribution in [2.45, 2.75) is 0 Å². The zero-order chi connectivity index (χ0) is 5.98. The highest BCUT2D eigenvalue weighted by Gasteiger charge is 2.03. The van der Waals surface area contributed by atoms with Gasteiger partial charge in [-0.25, -0.2) is 0 Å². The minimum absolute atomic E-state index is 1.43. The van der Waals surface area contributed by atoms with E-state index in [2.05, 4.69) is 33.2 Å². The van der Waals surface area contributed by atoms with Crippen LogP contribution in [0.5, 0.6) is 0 Å². The van der Waals surface area contributed by atoms with Crippen molar-refractivity contribution in [3.05, 3.63) is 24.3 Å². The molecule has 0 heterocycles. The normalized spacial score (nSPS) is 9.25. The molecular weight excluding hydrogens is 234 g/mol. The van der Waals surface area contributed by atoms with Crippen LogP contribution < -0.4 is 0 Å². The van der Waals surface area contributed by atoms with E-state index in [0.717, 1.165) is 0 Å². The van der Waals surface area contributed by atoms with Gasteiger partial charge in [-0.05, 0) is 20.0 Å². The van der Waals surface area contributed by atoms with Crippen LogP contribution in [0, 0.1) is 0 Å². The Labute approximate surface area is 65.7 Å². The molecule has 0 N–H and O–H groups in total. The Balaban J connectivity index is 0.000000147. The Morgan fingerprint density at radius 2 is 1.12 bits per heavy atom. The predicted molar refractivity (Wildman–Crippen MR) is 45.3 cm³/mol. The average Bonchev–Trinajstić information content (AvgIpc) is 1.83. The lowest BCUT2D eigenvalue weighted by atomic mass is 9.95. The van der Waals surface area contributed by atoms with Gasteiger partial charge in [0.2, 0.25) is 0 Å². The van der Waals surface area contributed by atoms with Gasteiger partial charge in [0.25, 0.3) is 0 Å². The molecule has 42 valence electrons. The van der Waals surface area contributed by atoms with Gasteiger partial charge in [0.15, 0.2) is 0 Å².